The van der Waals surface area contributed by atoms with Crippen LogP contribution in [0.15, 0.2) is 6.20 Å². The van der Waals surface area contributed by atoms with Gasteiger partial charge in [-0.05, 0) is 39.8 Å². The maximum Gasteiger partial charge on any atom is 0.255 e. The molecule has 1 aromatic heterocycles. The molecule has 0 aromatic carbocycles. The smallest absolute Gasteiger partial charge is 0.255 e. The lowest BCUT2D eigenvalue weighted by Gasteiger charge is -2.34. The molecular formula is C12H21ClN4O. The van der Waals surface area contributed by atoms with Crippen LogP contribution < -0.4 is 10.6 Å². The minimum absolute atomic E-state index is 0. The van der Waals surface area contributed by atoms with Crippen LogP contribution in [0.1, 0.15) is 35.8 Å². The third-order valence-corrected chi connectivity index (χ3v) is 3.38. The lowest BCUT2D eigenvalue weighted by atomic mass is 9.90. The Bertz CT molecular complexity index is 424. The summed E-state index contributed by atoms with van der Waals surface area (Å²) in [6.07, 6.45) is 3.71. The molecule has 2 heterocycles. The molecule has 0 radical (unpaired) electrons. The van der Waals surface area contributed by atoms with E-state index in [1.165, 1.54) is 0 Å². The molecule has 0 atom stereocenters. The largest absolute Gasteiger partial charge is 0.347 e. The van der Waals surface area contributed by atoms with Gasteiger partial charge in [0.2, 0.25) is 0 Å². The second-order valence-electron chi connectivity index (χ2n) is 5.07. The first-order chi connectivity index (χ1) is 8.00. The zero-order valence-corrected chi connectivity index (χ0v) is 11.9. The van der Waals surface area contributed by atoms with Gasteiger partial charge in [-0.2, -0.15) is 5.10 Å². The average Bonchev–Trinajstić information content (AvgIpc) is 2.58. The van der Waals surface area contributed by atoms with Crippen LogP contribution >= 0.6 is 12.4 Å². The third-order valence-electron chi connectivity index (χ3n) is 3.38. The first-order valence-corrected chi connectivity index (χ1v) is 6.04. The Morgan fingerprint density at radius 1 is 1.50 bits per heavy atom. The van der Waals surface area contributed by atoms with Crippen LogP contribution in [-0.2, 0) is 7.05 Å². The van der Waals surface area contributed by atoms with E-state index in [1.54, 1.807) is 10.9 Å². The number of hydrogen-bond acceptors (Lipinski definition) is 3. The fourth-order valence-electron chi connectivity index (χ4n) is 2.27. The molecule has 18 heavy (non-hydrogen) atoms. The summed E-state index contributed by atoms with van der Waals surface area (Å²) in [5.41, 5.74) is 1.36. The molecule has 0 unspecified atom stereocenters. The van der Waals surface area contributed by atoms with Gasteiger partial charge in [-0.15, -0.1) is 12.4 Å². The zero-order chi connectivity index (χ0) is 12.5. The molecule has 1 aliphatic heterocycles. The van der Waals surface area contributed by atoms with Crippen LogP contribution in [0.4, 0.5) is 0 Å². The van der Waals surface area contributed by atoms with Crippen molar-refractivity contribution < 1.29 is 4.79 Å². The molecule has 0 saturated carbocycles. The number of rotatable bonds is 2. The quantitative estimate of drug-likeness (QED) is 0.845. The third kappa shape index (κ3) is 3.23. The Kier molecular flexibility index (Phi) is 4.76. The molecule has 0 aliphatic carbocycles. The second-order valence-corrected chi connectivity index (χ2v) is 5.07. The van der Waals surface area contributed by atoms with Gasteiger partial charge in [0, 0.05) is 18.8 Å². The van der Waals surface area contributed by atoms with Gasteiger partial charge in [-0.3, -0.25) is 9.48 Å². The summed E-state index contributed by atoms with van der Waals surface area (Å²) in [4.78, 5) is 12.2. The van der Waals surface area contributed by atoms with Gasteiger partial charge in [0.1, 0.15) is 0 Å². The Hall–Kier alpha value is -1.07. The maximum absolute atomic E-state index is 12.2. The number of piperidine rings is 1. The van der Waals surface area contributed by atoms with Crippen molar-refractivity contribution in [1.82, 2.24) is 20.4 Å². The number of halogens is 1. The molecule has 6 heteroatoms. The number of carbonyl (C=O) groups is 1. The fraction of sp³-hybridized carbons (Fsp3) is 0.667. The molecule has 0 spiro atoms. The van der Waals surface area contributed by atoms with Crippen LogP contribution in [-0.4, -0.2) is 34.3 Å². The molecule has 1 amide bonds. The van der Waals surface area contributed by atoms with Crippen molar-refractivity contribution in [2.45, 2.75) is 32.2 Å². The molecule has 2 rings (SSSR count). The molecular weight excluding hydrogens is 252 g/mol. The lowest BCUT2D eigenvalue weighted by Crippen LogP contribution is -2.52. The van der Waals surface area contributed by atoms with Crippen LogP contribution in [0, 0.1) is 6.92 Å². The van der Waals surface area contributed by atoms with Crippen molar-refractivity contribution in [3.63, 3.8) is 0 Å². The van der Waals surface area contributed by atoms with Crippen LogP contribution in [0.25, 0.3) is 0 Å². The summed E-state index contributed by atoms with van der Waals surface area (Å²) in [7, 11) is 1.83. The summed E-state index contributed by atoms with van der Waals surface area (Å²) in [6, 6.07) is 0. The zero-order valence-electron chi connectivity index (χ0n) is 11.1. The van der Waals surface area contributed by atoms with Crippen molar-refractivity contribution in [3.8, 4) is 0 Å². The molecule has 5 nitrogen and oxygen atoms in total. The Morgan fingerprint density at radius 2 is 2.11 bits per heavy atom. The van der Waals surface area contributed by atoms with E-state index in [1.807, 2.05) is 14.0 Å². The van der Waals surface area contributed by atoms with Crippen molar-refractivity contribution in [1.29, 1.82) is 0 Å². The highest BCUT2D eigenvalue weighted by Gasteiger charge is 2.29. The number of aryl methyl sites for hydroxylation is 2. The normalized spacial score (nSPS) is 17.9. The molecule has 1 saturated heterocycles. The molecule has 2 N–H and O–H groups in total. The summed E-state index contributed by atoms with van der Waals surface area (Å²) >= 11 is 0. The van der Waals surface area contributed by atoms with E-state index in [2.05, 4.69) is 22.7 Å². The predicted molar refractivity (Wildman–Crippen MR) is 73.2 cm³/mol. The average molecular weight is 273 g/mol. The van der Waals surface area contributed by atoms with Gasteiger partial charge >= 0.3 is 0 Å². The van der Waals surface area contributed by atoms with Crippen molar-refractivity contribution in [2.24, 2.45) is 7.05 Å². The minimum atomic E-state index is -0.0926. The number of nitrogens with zero attached hydrogens (tertiary/aromatic N) is 2. The van der Waals surface area contributed by atoms with E-state index in [-0.39, 0.29) is 23.9 Å². The summed E-state index contributed by atoms with van der Waals surface area (Å²) < 4.78 is 1.68. The SMILES string of the molecule is Cc1nn(C)cc1C(=O)NC1(C)CCNCC1.Cl. The van der Waals surface area contributed by atoms with Gasteiger partial charge in [-0.1, -0.05) is 0 Å². The monoisotopic (exact) mass is 272 g/mol. The Labute approximate surface area is 114 Å². The molecule has 1 aliphatic rings. The highest BCUT2D eigenvalue weighted by Crippen LogP contribution is 2.18. The molecule has 1 aromatic rings. The van der Waals surface area contributed by atoms with E-state index in [0.29, 0.717) is 5.56 Å². The van der Waals surface area contributed by atoms with Crippen LogP contribution in [0.2, 0.25) is 0 Å². The minimum Gasteiger partial charge on any atom is -0.347 e. The summed E-state index contributed by atoms with van der Waals surface area (Å²) in [5, 5.41) is 10.6. The predicted octanol–water partition coefficient (Wildman–Crippen LogP) is 1.02. The fourth-order valence-corrected chi connectivity index (χ4v) is 2.27. The second kappa shape index (κ2) is 5.71. The topological polar surface area (TPSA) is 59.0 Å². The van der Waals surface area contributed by atoms with E-state index >= 15 is 0 Å². The first kappa shape index (κ1) is 15.0. The summed E-state index contributed by atoms with van der Waals surface area (Å²) in [5.74, 6) is -0.0139. The standard InChI is InChI=1S/C12H20N4O.ClH/c1-9-10(8-16(3)15-9)11(17)14-12(2)4-6-13-7-5-12;/h8,13H,4-7H2,1-3H3,(H,14,17);1H. The summed E-state index contributed by atoms with van der Waals surface area (Å²) in [6.45, 7) is 5.89. The van der Waals surface area contributed by atoms with Gasteiger partial charge in [0.15, 0.2) is 0 Å². The number of carbonyl (C=O) groups excluding carboxylic acids is 1. The van der Waals surface area contributed by atoms with Gasteiger partial charge in [0.05, 0.1) is 11.3 Å². The highest BCUT2D eigenvalue weighted by atomic mass is 35.5. The van der Waals surface area contributed by atoms with E-state index < -0.39 is 0 Å². The number of nitrogens with one attached hydrogen (secondary N) is 2. The Morgan fingerprint density at radius 3 is 2.61 bits per heavy atom. The first-order valence-electron chi connectivity index (χ1n) is 6.04. The van der Waals surface area contributed by atoms with Gasteiger partial charge in [0.25, 0.3) is 5.91 Å². The number of hydrogen-bond donors (Lipinski definition) is 2. The van der Waals surface area contributed by atoms with E-state index in [4.69, 9.17) is 0 Å². The molecule has 0 bridgehead atoms. The molecule has 1 fully saturated rings. The van der Waals surface area contributed by atoms with Crippen molar-refractivity contribution in [2.75, 3.05) is 13.1 Å². The molecule has 102 valence electrons. The van der Waals surface area contributed by atoms with Crippen LogP contribution in [0.5, 0.6) is 0 Å². The van der Waals surface area contributed by atoms with Crippen molar-refractivity contribution >= 4 is 18.3 Å². The highest BCUT2D eigenvalue weighted by molar-refractivity contribution is 5.95. The Balaban J connectivity index is 0.00000162. The van der Waals surface area contributed by atoms with E-state index in [9.17, 15) is 4.79 Å². The number of aromatic nitrogens is 2. The van der Waals surface area contributed by atoms with Crippen LogP contribution in [0.3, 0.4) is 0 Å². The maximum atomic E-state index is 12.2. The van der Waals surface area contributed by atoms with E-state index in [0.717, 1.165) is 31.6 Å². The van der Waals surface area contributed by atoms with Gasteiger partial charge in [-0.25, -0.2) is 0 Å². The lowest BCUT2D eigenvalue weighted by molar-refractivity contribution is 0.0887. The van der Waals surface area contributed by atoms with Gasteiger partial charge < -0.3 is 10.6 Å². The van der Waals surface area contributed by atoms with Crippen molar-refractivity contribution in [3.05, 3.63) is 17.5 Å². The number of amides is 1.